The number of halogens is 3. The van der Waals surface area contributed by atoms with E-state index in [9.17, 15) is 17.2 Å². The molecule has 0 unspecified atom stereocenters. The van der Waals surface area contributed by atoms with Crippen molar-refractivity contribution in [2.45, 2.75) is 16.7 Å². The fraction of sp³-hybridized carbons (Fsp3) is 0.0455. The van der Waals surface area contributed by atoms with E-state index in [-0.39, 0.29) is 21.0 Å². The first-order valence-corrected chi connectivity index (χ1v) is 10.5. The van der Waals surface area contributed by atoms with Gasteiger partial charge in [0.25, 0.3) is 0 Å². The van der Waals surface area contributed by atoms with Crippen LogP contribution in [0.1, 0.15) is 5.56 Å². The van der Waals surface area contributed by atoms with Crippen LogP contribution >= 0.6 is 11.6 Å². The molecule has 146 valence electrons. The van der Waals surface area contributed by atoms with E-state index in [2.05, 4.69) is 4.98 Å². The average Bonchev–Trinajstić information content (AvgIpc) is 2.69. The van der Waals surface area contributed by atoms with E-state index in [1.54, 1.807) is 37.3 Å². The second-order valence-corrected chi connectivity index (χ2v) is 8.93. The maximum atomic E-state index is 14.3. The molecule has 3 nitrogen and oxygen atoms in total. The first-order chi connectivity index (χ1) is 13.8. The Morgan fingerprint density at radius 1 is 0.897 bits per heavy atom. The molecule has 0 radical (unpaired) electrons. The van der Waals surface area contributed by atoms with Crippen molar-refractivity contribution < 1.29 is 17.2 Å². The number of hydrogen-bond acceptors (Lipinski definition) is 3. The topological polar surface area (TPSA) is 47.0 Å². The highest BCUT2D eigenvalue weighted by atomic mass is 35.5. The van der Waals surface area contributed by atoms with Crippen LogP contribution < -0.4 is 0 Å². The SMILES string of the molecule is Cc1ccc(S(=O)(=O)c2cc3cccc(F)c3nc2-c2cccc(Cl)c2)cc1F. The minimum absolute atomic E-state index is 0.0384. The summed E-state index contributed by atoms with van der Waals surface area (Å²) < 4.78 is 55.1. The van der Waals surface area contributed by atoms with Crippen molar-refractivity contribution in [2.75, 3.05) is 0 Å². The van der Waals surface area contributed by atoms with Crippen LogP contribution in [0, 0.1) is 18.6 Å². The molecule has 0 amide bonds. The molecule has 7 heteroatoms. The second-order valence-electron chi connectivity index (χ2n) is 6.57. The minimum Gasteiger partial charge on any atom is -0.243 e. The number of hydrogen-bond donors (Lipinski definition) is 0. The Kier molecular flexibility index (Phi) is 4.84. The van der Waals surface area contributed by atoms with E-state index in [4.69, 9.17) is 11.6 Å². The lowest BCUT2D eigenvalue weighted by atomic mass is 10.1. The van der Waals surface area contributed by atoms with E-state index in [0.29, 0.717) is 21.5 Å². The predicted octanol–water partition coefficient (Wildman–Crippen LogP) is 5.97. The Bertz CT molecular complexity index is 1370. The molecule has 0 bridgehead atoms. The first-order valence-electron chi connectivity index (χ1n) is 8.64. The number of pyridine rings is 1. The van der Waals surface area contributed by atoms with E-state index in [1.165, 1.54) is 30.3 Å². The average molecular weight is 430 g/mol. The second kappa shape index (κ2) is 7.21. The van der Waals surface area contributed by atoms with Gasteiger partial charge in [-0.3, -0.25) is 0 Å². The highest BCUT2D eigenvalue weighted by Gasteiger charge is 2.25. The van der Waals surface area contributed by atoms with Crippen LogP contribution in [0.5, 0.6) is 0 Å². The summed E-state index contributed by atoms with van der Waals surface area (Å²) >= 11 is 6.07. The third-order valence-electron chi connectivity index (χ3n) is 4.60. The third-order valence-corrected chi connectivity index (χ3v) is 6.60. The fourth-order valence-electron chi connectivity index (χ4n) is 3.06. The number of benzene rings is 3. The van der Waals surface area contributed by atoms with Crippen LogP contribution in [0.15, 0.2) is 76.5 Å². The monoisotopic (exact) mass is 429 g/mol. The van der Waals surface area contributed by atoms with Crippen LogP contribution in [0.3, 0.4) is 0 Å². The zero-order valence-corrected chi connectivity index (χ0v) is 16.7. The zero-order chi connectivity index (χ0) is 20.8. The van der Waals surface area contributed by atoms with Crippen molar-refractivity contribution in [1.82, 2.24) is 4.98 Å². The van der Waals surface area contributed by atoms with E-state index in [0.717, 1.165) is 6.07 Å². The lowest BCUT2D eigenvalue weighted by Gasteiger charge is -2.13. The molecule has 0 N–H and O–H groups in total. The van der Waals surface area contributed by atoms with Crippen molar-refractivity contribution >= 4 is 32.3 Å². The number of rotatable bonds is 3. The van der Waals surface area contributed by atoms with Crippen LogP contribution in [-0.4, -0.2) is 13.4 Å². The van der Waals surface area contributed by atoms with Gasteiger partial charge in [-0.05, 0) is 48.9 Å². The maximum Gasteiger partial charge on any atom is 0.208 e. The van der Waals surface area contributed by atoms with Gasteiger partial charge in [-0.2, -0.15) is 0 Å². The van der Waals surface area contributed by atoms with Crippen molar-refractivity contribution in [3.63, 3.8) is 0 Å². The number of para-hydroxylation sites is 1. The van der Waals surface area contributed by atoms with Crippen molar-refractivity contribution in [3.8, 4) is 11.3 Å². The molecule has 4 aromatic rings. The summed E-state index contributed by atoms with van der Waals surface area (Å²) in [4.78, 5) is 3.95. The molecule has 0 aliphatic heterocycles. The number of aryl methyl sites for hydroxylation is 1. The molecule has 3 aromatic carbocycles. The lowest BCUT2D eigenvalue weighted by molar-refractivity contribution is 0.589. The molecular formula is C22H14ClF2NO2S. The molecular weight excluding hydrogens is 416 g/mol. The summed E-state index contributed by atoms with van der Waals surface area (Å²) in [7, 11) is -4.14. The Morgan fingerprint density at radius 3 is 2.38 bits per heavy atom. The van der Waals surface area contributed by atoms with Gasteiger partial charge in [0, 0.05) is 16.0 Å². The Balaban J connectivity index is 2.06. The molecule has 0 aliphatic carbocycles. The lowest BCUT2D eigenvalue weighted by Crippen LogP contribution is -2.07. The number of aromatic nitrogens is 1. The number of nitrogens with zero attached hydrogens (tertiary/aromatic N) is 1. The summed E-state index contributed by atoms with van der Waals surface area (Å²) in [6.45, 7) is 1.55. The smallest absolute Gasteiger partial charge is 0.208 e. The molecule has 0 saturated heterocycles. The third kappa shape index (κ3) is 3.50. The molecule has 29 heavy (non-hydrogen) atoms. The molecule has 4 rings (SSSR count). The largest absolute Gasteiger partial charge is 0.243 e. The van der Waals surface area contributed by atoms with Crippen molar-refractivity contribution in [3.05, 3.63) is 89.0 Å². The van der Waals surface area contributed by atoms with Gasteiger partial charge in [-0.25, -0.2) is 22.2 Å². The quantitative estimate of drug-likeness (QED) is 0.402. The Morgan fingerprint density at radius 2 is 1.66 bits per heavy atom. The summed E-state index contributed by atoms with van der Waals surface area (Å²) in [5, 5.41) is 0.699. The summed E-state index contributed by atoms with van der Waals surface area (Å²) in [5.41, 5.74) is 0.828. The van der Waals surface area contributed by atoms with Gasteiger partial charge in [0.15, 0.2) is 0 Å². The first kappa shape index (κ1) is 19.5. The number of fused-ring (bicyclic) bond motifs is 1. The van der Waals surface area contributed by atoms with Crippen LogP contribution in [0.4, 0.5) is 8.78 Å². The van der Waals surface area contributed by atoms with E-state index < -0.39 is 21.5 Å². The van der Waals surface area contributed by atoms with Gasteiger partial charge < -0.3 is 0 Å². The zero-order valence-electron chi connectivity index (χ0n) is 15.2. The highest BCUT2D eigenvalue weighted by molar-refractivity contribution is 7.91. The summed E-state index contributed by atoms with van der Waals surface area (Å²) in [6, 6.07) is 15.8. The normalized spacial score (nSPS) is 11.7. The van der Waals surface area contributed by atoms with Crippen LogP contribution in [-0.2, 0) is 9.84 Å². The molecule has 0 atom stereocenters. The molecule has 0 fully saturated rings. The fourth-order valence-corrected chi connectivity index (χ4v) is 4.71. The van der Waals surface area contributed by atoms with Crippen molar-refractivity contribution in [2.24, 2.45) is 0 Å². The van der Waals surface area contributed by atoms with Crippen molar-refractivity contribution in [1.29, 1.82) is 0 Å². The van der Waals surface area contributed by atoms with Crippen LogP contribution in [0.2, 0.25) is 5.02 Å². The standard InChI is InChI=1S/C22H14ClF2NO2S/c1-13-8-9-17(12-19(13)25)29(27,28)20-11-15-5-3-7-18(24)21(15)26-22(20)14-4-2-6-16(23)10-14/h2-12H,1H3. The minimum atomic E-state index is -4.14. The Hall–Kier alpha value is -2.83. The number of sulfone groups is 1. The predicted molar refractivity (Wildman–Crippen MR) is 109 cm³/mol. The van der Waals surface area contributed by atoms with Gasteiger partial charge in [-0.15, -0.1) is 0 Å². The molecule has 0 spiro atoms. The van der Waals surface area contributed by atoms with Crippen LogP contribution in [0.25, 0.3) is 22.2 Å². The van der Waals surface area contributed by atoms with E-state index >= 15 is 0 Å². The maximum absolute atomic E-state index is 14.3. The van der Waals surface area contributed by atoms with E-state index in [1.807, 2.05) is 0 Å². The Labute approximate surface area is 171 Å². The van der Waals surface area contributed by atoms with Gasteiger partial charge in [0.2, 0.25) is 9.84 Å². The molecule has 1 aromatic heterocycles. The molecule has 0 saturated carbocycles. The molecule has 1 heterocycles. The van der Waals surface area contributed by atoms with Gasteiger partial charge in [-0.1, -0.05) is 41.9 Å². The van der Waals surface area contributed by atoms with Gasteiger partial charge in [0.1, 0.15) is 17.2 Å². The summed E-state index contributed by atoms with van der Waals surface area (Å²) in [6.07, 6.45) is 0. The van der Waals surface area contributed by atoms with Gasteiger partial charge >= 0.3 is 0 Å². The molecule has 0 aliphatic rings. The van der Waals surface area contributed by atoms with Gasteiger partial charge in [0.05, 0.1) is 15.5 Å². The summed E-state index contributed by atoms with van der Waals surface area (Å²) in [5.74, 6) is -1.20. The highest BCUT2D eigenvalue weighted by Crippen LogP contribution is 2.34.